The topological polar surface area (TPSA) is 29.0 Å². The molecular formula is C8H12IN3S. The normalized spacial score (nSPS) is 10.2. The summed E-state index contributed by atoms with van der Waals surface area (Å²) in [7, 11) is 3.94. The lowest BCUT2D eigenvalue weighted by molar-refractivity contribution is 0.889. The molecule has 0 radical (unpaired) electrons. The van der Waals surface area contributed by atoms with Crippen LogP contribution in [-0.4, -0.2) is 30.0 Å². The average Bonchev–Trinajstić information content (AvgIpc) is 2.04. The maximum atomic E-state index is 4.14. The fourth-order valence-corrected chi connectivity index (χ4v) is 2.56. The van der Waals surface area contributed by atoms with Crippen molar-refractivity contribution in [3.63, 3.8) is 0 Å². The van der Waals surface area contributed by atoms with Crippen LogP contribution < -0.4 is 4.90 Å². The number of aromatic nitrogens is 2. The monoisotopic (exact) mass is 309 g/mol. The summed E-state index contributed by atoms with van der Waals surface area (Å²) in [6.45, 7) is 2.11. The van der Waals surface area contributed by atoms with E-state index in [1.807, 2.05) is 19.0 Å². The highest BCUT2D eigenvalue weighted by Crippen LogP contribution is 2.22. The molecule has 1 heterocycles. The van der Waals surface area contributed by atoms with Crippen molar-refractivity contribution in [1.29, 1.82) is 0 Å². The minimum absolute atomic E-state index is 0.932. The zero-order valence-corrected chi connectivity index (χ0v) is 10.9. The molecule has 0 aliphatic carbocycles. The summed E-state index contributed by atoms with van der Waals surface area (Å²) in [5, 5.41) is 9.26. The fraction of sp³-hybridized carbons (Fsp3) is 0.500. The maximum absolute atomic E-state index is 4.14. The minimum atomic E-state index is 0.932. The second-order valence-corrected chi connectivity index (χ2v) is 5.13. The van der Waals surface area contributed by atoms with E-state index < -0.39 is 0 Å². The molecule has 0 fully saturated rings. The molecule has 5 heteroatoms. The van der Waals surface area contributed by atoms with Gasteiger partial charge < -0.3 is 4.90 Å². The first kappa shape index (κ1) is 11.0. The Hall–Kier alpha value is -0.0400. The Labute approximate surface area is 96.4 Å². The van der Waals surface area contributed by atoms with Crippen molar-refractivity contribution >= 4 is 40.2 Å². The Balaban J connectivity index is 2.92. The molecule has 1 aromatic rings. The van der Waals surface area contributed by atoms with Crippen LogP contribution >= 0.6 is 34.4 Å². The van der Waals surface area contributed by atoms with Crippen LogP contribution in [0.3, 0.4) is 0 Å². The van der Waals surface area contributed by atoms with Gasteiger partial charge in [0.1, 0.15) is 5.03 Å². The van der Waals surface area contributed by atoms with Crippen molar-refractivity contribution in [3.8, 4) is 0 Å². The summed E-state index contributed by atoms with van der Waals surface area (Å²) in [6, 6.07) is 2.07. The van der Waals surface area contributed by atoms with Crippen LogP contribution in [0.4, 0.5) is 5.82 Å². The summed E-state index contributed by atoms with van der Waals surface area (Å²) in [5.74, 6) is 1.97. The predicted molar refractivity (Wildman–Crippen MR) is 65.5 cm³/mol. The lowest BCUT2D eigenvalue weighted by Gasteiger charge is -2.12. The summed E-state index contributed by atoms with van der Waals surface area (Å²) in [5.41, 5.74) is 0. The largest absolute Gasteiger partial charge is 0.360 e. The molecule has 0 aliphatic rings. The highest BCUT2D eigenvalue weighted by Gasteiger charge is 2.05. The Kier molecular flexibility index (Phi) is 4.24. The van der Waals surface area contributed by atoms with E-state index in [-0.39, 0.29) is 0 Å². The zero-order valence-electron chi connectivity index (χ0n) is 7.91. The molecule has 0 aliphatic heterocycles. The van der Waals surface area contributed by atoms with Crippen LogP contribution in [0.5, 0.6) is 0 Å². The van der Waals surface area contributed by atoms with E-state index in [4.69, 9.17) is 0 Å². The Morgan fingerprint density at radius 1 is 1.46 bits per heavy atom. The molecule has 0 atom stereocenters. The van der Waals surface area contributed by atoms with E-state index in [0.717, 1.165) is 20.2 Å². The number of hydrogen-bond acceptors (Lipinski definition) is 4. The summed E-state index contributed by atoms with van der Waals surface area (Å²) >= 11 is 4.00. The van der Waals surface area contributed by atoms with Crippen LogP contribution in [0.25, 0.3) is 0 Å². The molecule has 0 N–H and O–H groups in total. The second kappa shape index (κ2) is 4.99. The van der Waals surface area contributed by atoms with Gasteiger partial charge in [0.25, 0.3) is 0 Å². The average molecular weight is 309 g/mol. The Morgan fingerprint density at radius 2 is 2.15 bits per heavy atom. The molecule has 0 unspecified atom stereocenters. The minimum Gasteiger partial charge on any atom is -0.360 e. The smallest absolute Gasteiger partial charge is 0.164 e. The molecule has 72 valence electrons. The number of nitrogens with zero attached hydrogens (tertiary/aromatic N) is 3. The van der Waals surface area contributed by atoms with Crippen LogP contribution in [0.1, 0.15) is 6.92 Å². The van der Waals surface area contributed by atoms with E-state index in [0.29, 0.717) is 0 Å². The molecule has 0 aromatic carbocycles. The van der Waals surface area contributed by atoms with Crippen molar-refractivity contribution in [3.05, 3.63) is 9.64 Å². The van der Waals surface area contributed by atoms with Crippen LogP contribution in [0, 0.1) is 3.57 Å². The number of halogens is 1. The summed E-state index contributed by atoms with van der Waals surface area (Å²) in [6.07, 6.45) is 0. The second-order valence-electron chi connectivity index (χ2n) is 2.68. The van der Waals surface area contributed by atoms with Crippen molar-refractivity contribution in [2.45, 2.75) is 11.9 Å². The third-order valence-electron chi connectivity index (χ3n) is 1.42. The van der Waals surface area contributed by atoms with Gasteiger partial charge in [0.15, 0.2) is 5.82 Å². The van der Waals surface area contributed by atoms with Crippen molar-refractivity contribution in [1.82, 2.24) is 10.2 Å². The van der Waals surface area contributed by atoms with Gasteiger partial charge in [-0.05, 0) is 34.4 Å². The van der Waals surface area contributed by atoms with Crippen LogP contribution in [0.2, 0.25) is 0 Å². The van der Waals surface area contributed by atoms with Gasteiger partial charge in [-0.25, -0.2) is 0 Å². The lowest BCUT2D eigenvalue weighted by Crippen LogP contribution is -2.13. The molecule has 1 aromatic heterocycles. The number of rotatable bonds is 3. The van der Waals surface area contributed by atoms with Gasteiger partial charge in [-0.15, -0.1) is 22.0 Å². The SMILES string of the molecule is CCSc1cc(I)c(N(C)C)nn1. The van der Waals surface area contributed by atoms with Crippen LogP contribution in [0.15, 0.2) is 11.1 Å². The molecule has 0 spiro atoms. The van der Waals surface area contributed by atoms with E-state index in [2.05, 4.69) is 45.8 Å². The van der Waals surface area contributed by atoms with Crippen LogP contribution in [-0.2, 0) is 0 Å². The van der Waals surface area contributed by atoms with Gasteiger partial charge in [0.05, 0.1) is 3.57 Å². The molecule has 0 saturated carbocycles. The first-order valence-electron chi connectivity index (χ1n) is 3.98. The van der Waals surface area contributed by atoms with Gasteiger partial charge in [0, 0.05) is 14.1 Å². The zero-order chi connectivity index (χ0) is 9.84. The molecular weight excluding hydrogens is 297 g/mol. The molecule has 13 heavy (non-hydrogen) atoms. The molecule has 0 saturated heterocycles. The van der Waals surface area contributed by atoms with Gasteiger partial charge in [-0.1, -0.05) is 6.92 Å². The highest BCUT2D eigenvalue weighted by molar-refractivity contribution is 14.1. The van der Waals surface area contributed by atoms with E-state index in [1.165, 1.54) is 0 Å². The molecule has 0 amide bonds. The maximum Gasteiger partial charge on any atom is 0.164 e. The molecule has 3 nitrogen and oxygen atoms in total. The highest BCUT2D eigenvalue weighted by atomic mass is 127. The molecule has 0 bridgehead atoms. The fourth-order valence-electron chi connectivity index (χ4n) is 0.868. The first-order valence-corrected chi connectivity index (χ1v) is 6.05. The molecule has 1 rings (SSSR count). The van der Waals surface area contributed by atoms with Crippen molar-refractivity contribution in [2.75, 3.05) is 24.7 Å². The van der Waals surface area contributed by atoms with Gasteiger partial charge in [-0.2, -0.15) is 0 Å². The Bertz CT molecular complexity index is 291. The summed E-state index contributed by atoms with van der Waals surface area (Å²) in [4.78, 5) is 1.97. The van der Waals surface area contributed by atoms with Crippen molar-refractivity contribution in [2.24, 2.45) is 0 Å². The van der Waals surface area contributed by atoms with Gasteiger partial charge in [0.2, 0.25) is 0 Å². The lowest BCUT2D eigenvalue weighted by atomic mass is 10.5. The van der Waals surface area contributed by atoms with E-state index in [1.54, 1.807) is 11.8 Å². The quantitative estimate of drug-likeness (QED) is 0.633. The van der Waals surface area contributed by atoms with Crippen molar-refractivity contribution < 1.29 is 0 Å². The van der Waals surface area contributed by atoms with Gasteiger partial charge in [-0.3, -0.25) is 0 Å². The first-order chi connectivity index (χ1) is 6.15. The Morgan fingerprint density at radius 3 is 2.62 bits per heavy atom. The van der Waals surface area contributed by atoms with E-state index >= 15 is 0 Å². The summed E-state index contributed by atoms with van der Waals surface area (Å²) < 4.78 is 1.15. The van der Waals surface area contributed by atoms with Gasteiger partial charge >= 0.3 is 0 Å². The number of hydrogen-bond donors (Lipinski definition) is 0. The third kappa shape index (κ3) is 2.98. The predicted octanol–water partition coefficient (Wildman–Crippen LogP) is 2.26. The van der Waals surface area contributed by atoms with E-state index in [9.17, 15) is 0 Å². The standard InChI is InChI=1S/C8H12IN3S/c1-4-13-7-5-6(9)8(11-10-7)12(2)3/h5H,4H2,1-3H3. The third-order valence-corrected chi connectivity index (χ3v) is 3.00. The number of anilines is 1. The number of thioether (sulfide) groups is 1.